The van der Waals surface area contributed by atoms with Gasteiger partial charge in [0, 0.05) is 19.4 Å². The number of piperidine rings is 1. The van der Waals surface area contributed by atoms with Crippen LogP contribution < -0.4 is 10.6 Å². The second-order valence-electron chi connectivity index (χ2n) is 8.26. The number of benzene rings is 1. The van der Waals surface area contributed by atoms with Crippen LogP contribution in [0.4, 0.5) is 5.69 Å². The largest absolute Gasteiger partial charge is 0.379 e. The van der Waals surface area contributed by atoms with Crippen LogP contribution in [0.3, 0.4) is 0 Å². The zero-order valence-electron chi connectivity index (χ0n) is 19.5. The van der Waals surface area contributed by atoms with Crippen molar-refractivity contribution in [3.63, 3.8) is 0 Å². The van der Waals surface area contributed by atoms with Gasteiger partial charge in [0.2, 0.25) is 17.7 Å². The Morgan fingerprint density at radius 1 is 1.06 bits per heavy atom. The van der Waals surface area contributed by atoms with Gasteiger partial charge in [0.1, 0.15) is 12.6 Å². The molecule has 2 aliphatic heterocycles. The van der Waals surface area contributed by atoms with Crippen molar-refractivity contribution in [3.8, 4) is 12.3 Å². The number of rotatable bonds is 13. The fraction of sp³-hybridized carbons (Fsp3) is 0.480. The summed E-state index contributed by atoms with van der Waals surface area (Å²) in [5.41, 5.74) is 0.262. The molecule has 0 aromatic heterocycles. The van der Waals surface area contributed by atoms with Gasteiger partial charge in [0.05, 0.1) is 30.0 Å². The molecule has 1 aromatic carbocycles. The lowest BCUT2D eigenvalue weighted by Gasteiger charge is -2.27. The first-order chi connectivity index (χ1) is 16.9. The number of imide groups is 2. The molecule has 10 nitrogen and oxygen atoms in total. The highest BCUT2D eigenvalue weighted by Crippen LogP contribution is 2.32. The van der Waals surface area contributed by atoms with Gasteiger partial charge in [-0.25, -0.2) is 0 Å². The monoisotopic (exact) mass is 483 g/mol. The Kier molecular flexibility index (Phi) is 9.52. The van der Waals surface area contributed by atoms with Gasteiger partial charge in [0.15, 0.2) is 0 Å². The summed E-state index contributed by atoms with van der Waals surface area (Å²) in [6, 6.07) is 3.42. The van der Waals surface area contributed by atoms with Crippen molar-refractivity contribution in [1.29, 1.82) is 0 Å². The van der Waals surface area contributed by atoms with E-state index in [0.717, 1.165) is 37.0 Å². The van der Waals surface area contributed by atoms with E-state index < -0.39 is 35.6 Å². The number of unbranched alkanes of at least 4 members (excludes halogenated alkanes) is 4. The van der Waals surface area contributed by atoms with Crippen molar-refractivity contribution in [2.75, 3.05) is 31.7 Å². The molecule has 186 valence electrons. The number of hydrogen-bond acceptors (Lipinski definition) is 7. The lowest BCUT2D eigenvalue weighted by atomic mass is 10.0. The standard InChI is InChI=1S/C25H29N3O7/c1-2-3-4-5-6-7-13-34-14-15-35-16-21(30)26-18-10-8-9-17-22(18)25(33)28(24(17)32)19-11-12-20(29)27-23(19)31/h1,8-10,19H,3-7,11-16H2,(H,26,30)(H,27,29,31). The summed E-state index contributed by atoms with van der Waals surface area (Å²) < 4.78 is 10.8. The highest BCUT2D eigenvalue weighted by atomic mass is 16.5. The van der Waals surface area contributed by atoms with Crippen molar-refractivity contribution in [3.05, 3.63) is 29.3 Å². The Morgan fingerprint density at radius 3 is 2.60 bits per heavy atom. The summed E-state index contributed by atoms with van der Waals surface area (Å²) in [6.07, 6.45) is 10.2. The van der Waals surface area contributed by atoms with Crippen LogP contribution in [-0.2, 0) is 23.9 Å². The summed E-state index contributed by atoms with van der Waals surface area (Å²) >= 11 is 0. The third-order valence-corrected chi connectivity index (χ3v) is 5.71. The molecule has 1 atom stereocenters. The molecule has 0 aliphatic carbocycles. The van der Waals surface area contributed by atoms with E-state index in [2.05, 4.69) is 16.6 Å². The first kappa shape index (κ1) is 26.1. The zero-order valence-corrected chi connectivity index (χ0v) is 19.5. The molecule has 1 saturated heterocycles. The van der Waals surface area contributed by atoms with E-state index in [9.17, 15) is 24.0 Å². The van der Waals surface area contributed by atoms with E-state index in [0.29, 0.717) is 13.2 Å². The van der Waals surface area contributed by atoms with Crippen LogP contribution in [0.15, 0.2) is 18.2 Å². The van der Waals surface area contributed by atoms with Crippen LogP contribution in [0.25, 0.3) is 0 Å². The minimum atomic E-state index is -1.07. The minimum absolute atomic E-state index is 0.0149. The molecule has 2 heterocycles. The van der Waals surface area contributed by atoms with Gasteiger partial charge in [-0.05, 0) is 31.4 Å². The first-order valence-electron chi connectivity index (χ1n) is 11.7. The molecule has 1 fully saturated rings. The number of terminal acetylenes is 1. The van der Waals surface area contributed by atoms with E-state index in [1.165, 1.54) is 18.2 Å². The summed E-state index contributed by atoms with van der Waals surface area (Å²) in [5.74, 6) is -0.351. The third-order valence-electron chi connectivity index (χ3n) is 5.71. The smallest absolute Gasteiger partial charge is 0.264 e. The van der Waals surface area contributed by atoms with E-state index >= 15 is 0 Å². The maximum absolute atomic E-state index is 13.0. The topological polar surface area (TPSA) is 131 Å². The maximum atomic E-state index is 13.0. The van der Waals surface area contributed by atoms with Gasteiger partial charge in [-0.3, -0.25) is 34.2 Å². The summed E-state index contributed by atoms with van der Waals surface area (Å²) in [5, 5.41) is 4.75. The van der Waals surface area contributed by atoms with Gasteiger partial charge < -0.3 is 14.8 Å². The lowest BCUT2D eigenvalue weighted by molar-refractivity contribution is -0.136. The second-order valence-corrected chi connectivity index (χ2v) is 8.26. The molecule has 3 rings (SSSR count). The number of amides is 5. The Hall–Kier alpha value is -3.55. The van der Waals surface area contributed by atoms with Gasteiger partial charge in [-0.1, -0.05) is 18.9 Å². The van der Waals surface area contributed by atoms with Crippen LogP contribution in [0, 0.1) is 12.3 Å². The molecule has 2 N–H and O–H groups in total. The zero-order chi connectivity index (χ0) is 25.2. The SMILES string of the molecule is C#CCCCCCCOCCOCC(=O)Nc1cccc2c1C(=O)N(C1CCC(=O)NC1=O)C2=O. The molecule has 0 radical (unpaired) electrons. The number of hydrogen-bond donors (Lipinski definition) is 2. The lowest BCUT2D eigenvalue weighted by Crippen LogP contribution is -2.54. The fourth-order valence-electron chi connectivity index (χ4n) is 3.97. The first-order valence-corrected chi connectivity index (χ1v) is 11.7. The van der Waals surface area contributed by atoms with Gasteiger partial charge in [0.25, 0.3) is 11.8 Å². The molecule has 1 unspecified atom stereocenters. The van der Waals surface area contributed by atoms with Crippen LogP contribution in [0.2, 0.25) is 0 Å². The molecule has 2 aliphatic rings. The van der Waals surface area contributed by atoms with Crippen LogP contribution in [-0.4, -0.2) is 66.9 Å². The molecule has 1 aromatic rings. The molecule has 0 saturated carbocycles. The number of anilines is 1. The van der Waals surface area contributed by atoms with Crippen molar-refractivity contribution in [1.82, 2.24) is 10.2 Å². The molecular weight excluding hydrogens is 454 g/mol. The van der Waals surface area contributed by atoms with E-state index in [1.807, 2.05) is 0 Å². The Morgan fingerprint density at radius 2 is 1.83 bits per heavy atom. The number of ether oxygens (including phenoxy) is 2. The molecule has 35 heavy (non-hydrogen) atoms. The molecule has 0 spiro atoms. The van der Waals surface area contributed by atoms with E-state index in [-0.39, 0.29) is 42.9 Å². The third kappa shape index (κ3) is 6.74. The van der Waals surface area contributed by atoms with Crippen LogP contribution in [0.5, 0.6) is 0 Å². The number of nitrogens with one attached hydrogen (secondary N) is 2. The highest BCUT2D eigenvalue weighted by Gasteiger charge is 2.45. The average Bonchev–Trinajstić information content (AvgIpc) is 3.08. The van der Waals surface area contributed by atoms with Crippen LogP contribution >= 0.6 is 0 Å². The number of carbonyl (C=O) groups is 5. The Bertz CT molecular complexity index is 1030. The number of nitrogens with zero attached hydrogens (tertiary/aromatic N) is 1. The quantitative estimate of drug-likeness (QED) is 0.248. The van der Waals surface area contributed by atoms with E-state index in [4.69, 9.17) is 15.9 Å². The summed E-state index contributed by atoms with van der Waals surface area (Å²) in [4.78, 5) is 62.7. The molecule has 0 bridgehead atoms. The number of fused-ring (bicyclic) bond motifs is 1. The fourth-order valence-corrected chi connectivity index (χ4v) is 3.97. The Balaban J connectivity index is 1.45. The van der Waals surface area contributed by atoms with Crippen molar-refractivity contribution < 1.29 is 33.4 Å². The van der Waals surface area contributed by atoms with Crippen LogP contribution in [0.1, 0.15) is 65.7 Å². The highest BCUT2D eigenvalue weighted by molar-refractivity contribution is 6.26. The molecular formula is C25H29N3O7. The van der Waals surface area contributed by atoms with Crippen molar-refractivity contribution >= 4 is 35.2 Å². The maximum Gasteiger partial charge on any atom is 0.264 e. The van der Waals surface area contributed by atoms with E-state index in [1.54, 1.807) is 0 Å². The predicted octanol–water partition coefficient (Wildman–Crippen LogP) is 1.64. The van der Waals surface area contributed by atoms with Crippen molar-refractivity contribution in [2.45, 2.75) is 51.0 Å². The molecule has 5 amide bonds. The van der Waals surface area contributed by atoms with Gasteiger partial charge in [-0.15, -0.1) is 12.3 Å². The Labute approximate surface area is 203 Å². The van der Waals surface area contributed by atoms with Gasteiger partial charge in [-0.2, -0.15) is 0 Å². The second kappa shape index (κ2) is 12.8. The minimum Gasteiger partial charge on any atom is -0.379 e. The normalized spacial score (nSPS) is 17.2. The van der Waals surface area contributed by atoms with Gasteiger partial charge >= 0.3 is 0 Å². The predicted molar refractivity (Wildman–Crippen MR) is 125 cm³/mol. The average molecular weight is 484 g/mol. The number of carbonyl (C=O) groups excluding carboxylic acids is 5. The summed E-state index contributed by atoms with van der Waals surface area (Å²) in [6.45, 7) is 0.948. The molecule has 10 heteroatoms. The van der Waals surface area contributed by atoms with Crippen molar-refractivity contribution in [2.24, 2.45) is 0 Å². The summed E-state index contributed by atoms with van der Waals surface area (Å²) in [7, 11) is 0.